The van der Waals surface area contributed by atoms with Gasteiger partial charge in [-0.2, -0.15) is 0 Å². The highest BCUT2D eigenvalue weighted by atomic mass is 35.5. The minimum Gasteiger partial charge on any atom is -0.493 e. The molecular weight excluding hydrogens is 290 g/mol. The van der Waals surface area contributed by atoms with Crippen LogP contribution in [0, 0.1) is 11.3 Å². The summed E-state index contributed by atoms with van der Waals surface area (Å²) in [6.07, 6.45) is 2.21. The Balaban J connectivity index is 2.41. The number of halogens is 1. The Bertz CT molecular complexity index is 509. The molecule has 21 heavy (non-hydrogen) atoms. The van der Waals surface area contributed by atoms with E-state index in [0.717, 1.165) is 19.3 Å². The average Bonchev–Trinajstić information content (AvgIpc) is 2.88. The molecule has 1 aliphatic rings. The van der Waals surface area contributed by atoms with Crippen LogP contribution in [-0.4, -0.2) is 25.9 Å². The van der Waals surface area contributed by atoms with Crippen molar-refractivity contribution >= 4 is 11.6 Å². The normalized spacial score (nSPS) is 26.7. The topological polar surface area (TPSA) is 64.7 Å². The molecule has 0 aromatic heterocycles. The fourth-order valence-corrected chi connectivity index (χ4v) is 3.76. The molecule has 1 aromatic rings. The van der Waals surface area contributed by atoms with Gasteiger partial charge in [0.25, 0.3) is 0 Å². The van der Waals surface area contributed by atoms with Crippen LogP contribution < -0.4 is 15.2 Å². The molecule has 0 aliphatic heterocycles. The standard InChI is InChI=1S/C16H24ClNO3/c1-10-6-7-16(8-10,9-18)15(19)11-4-5-12(20-2)14(21-3)13(11)17/h4-5,10,15,19H,6-9,18H2,1-3H3. The van der Waals surface area contributed by atoms with Crippen LogP contribution in [0.5, 0.6) is 11.5 Å². The van der Waals surface area contributed by atoms with E-state index in [2.05, 4.69) is 6.92 Å². The predicted octanol–water partition coefficient (Wildman–Crippen LogP) is 3.16. The average molecular weight is 314 g/mol. The quantitative estimate of drug-likeness (QED) is 0.876. The van der Waals surface area contributed by atoms with Gasteiger partial charge in [0.05, 0.1) is 25.3 Å². The summed E-state index contributed by atoms with van der Waals surface area (Å²) < 4.78 is 10.5. The van der Waals surface area contributed by atoms with Crippen LogP contribution in [-0.2, 0) is 0 Å². The summed E-state index contributed by atoms with van der Waals surface area (Å²) in [5, 5.41) is 11.3. The maximum absolute atomic E-state index is 10.9. The highest BCUT2D eigenvalue weighted by Crippen LogP contribution is 2.52. The Labute approximate surface area is 131 Å². The van der Waals surface area contributed by atoms with Gasteiger partial charge in [-0.3, -0.25) is 0 Å². The lowest BCUT2D eigenvalue weighted by Gasteiger charge is -2.34. The van der Waals surface area contributed by atoms with Gasteiger partial charge in [0.1, 0.15) is 0 Å². The molecule has 3 N–H and O–H groups in total. The minimum atomic E-state index is -0.695. The Morgan fingerprint density at radius 3 is 2.62 bits per heavy atom. The first kappa shape index (κ1) is 16.4. The third-order valence-corrected chi connectivity index (χ3v) is 5.08. The molecule has 0 saturated heterocycles. The zero-order chi connectivity index (χ0) is 15.6. The number of hydrogen-bond donors (Lipinski definition) is 2. The van der Waals surface area contributed by atoms with Crippen LogP contribution in [0.2, 0.25) is 5.02 Å². The lowest BCUT2D eigenvalue weighted by molar-refractivity contribution is 0.0307. The fraction of sp³-hybridized carbons (Fsp3) is 0.625. The number of nitrogens with two attached hydrogens (primary N) is 1. The minimum absolute atomic E-state index is 0.303. The molecule has 1 aromatic carbocycles. The maximum atomic E-state index is 10.9. The number of aliphatic hydroxyl groups excluding tert-OH is 1. The summed E-state index contributed by atoms with van der Waals surface area (Å²) in [4.78, 5) is 0. The number of rotatable bonds is 5. The lowest BCUT2D eigenvalue weighted by atomic mass is 9.76. The Morgan fingerprint density at radius 1 is 1.43 bits per heavy atom. The first-order valence-corrected chi connectivity index (χ1v) is 7.65. The third kappa shape index (κ3) is 2.85. The van der Waals surface area contributed by atoms with Gasteiger partial charge in [0, 0.05) is 17.5 Å². The monoisotopic (exact) mass is 313 g/mol. The first-order valence-electron chi connectivity index (χ1n) is 7.27. The maximum Gasteiger partial charge on any atom is 0.179 e. The van der Waals surface area contributed by atoms with E-state index in [-0.39, 0.29) is 5.41 Å². The molecule has 0 heterocycles. The van der Waals surface area contributed by atoms with Crippen molar-refractivity contribution in [3.63, 3.8) is 0 Å². The summed E-state index contributed by atoms with van der Waals surface area (Å²) in [7, 11) is 3.10. The van der Waals surface area contributed by atoms with Crippen molar-refractivity contribution in [2.75, 3.05) is 20.8 Å². The number of methoxy groups -OCH3 is 2. The second-order valence-corrected chi connectivity index (χ2v) is 6.40. The molecule has 1 aliphatic carbocycles. The van der Waals surface area contributed by atoms with Crippen LogP contribution in [0.15, 0.2) is 12.1 Å². The van der Waals surface area contributed by atoms with E-state index in [1.54, 1.807) is 19.2 Å². The van der Waals surface area contributed by atoms with Crippen LogP contribution >= 0.6 is 11.6 Å². The van der Waals surface area contributed by atoms with E-state index in [4.69, 9.17) is 26.8 Å². The van der Waals surface area contributed by atoms with Gasteiger partial charge in [0.15, 0.2) is 11.5 Å². The Morgan fingerprint density at radius 2 is 2.14 bits per heavy atom. The van der Waals surface area contributed by atoms with Gasteiger partial charge in [-0.05, 0) is 24.8 Å². The molecule has 5 heteroatoms. The Kier molecular flexibility index (Phi) is 5.02. The summed E-state index contributed by atoms with van der Waals surface area (Å²) in [6.45, 7) is 2.64. The highest BCUT2D eigenvalue weighted by molar-refractivity contribution is 6.33. The molecule has 0 bridgehead atoms. The highest BCUT2D eigenvalue weighted by Gasteiger charge is 2.43. The molecule has 0 amide bonds. The largest absolute Gasteiger partial charge is 0.493 e. The molecule has 0 spiro atoms. The second-order valence-electron chi connectivity index (χ2n) is 6.02. The lowest BCUT2D eigenvalue weighted by Crippen LogP contribution is -2.34. The number of hydrogen-bond acceptors (Lipinski definition) is 4. The van der Waals surface area contributed by atoms with E-state index < -0.39 is 6.10 Å². The summed E-state index contributed by atoms with van der Waals surface area (Å²) in [5.74, 6) is 1.58. The molecular formula is C16H24ClNO3. The molecule has 1 saturated carbocycles. The van der Waals surface area contributed by atoms with Crippen molar-refractivity contribution in [1.82, 2.24) is 0 Å². The van der Waals surface area contributed by atoms with Gasteiger partial charge in [0.2, 0.25) is 0 Å². The van der Waals surface area contributed by atoms with Gasteiger partial charge in [-0.25, -0.2) is 0 Å². The fourth-order valence-electron chi connectivity index (χ4n) is 3.42. The van der Waals surface area contributed by atoms with E-state index in [0.29, 0.717) is 34.5 Å². The second kappa shape index (κ2) is 6.42. The van der Waals surface area contributed by atoms with Crippen molar-refractivity contribution in [1.29, 1.82) is 0 Å². The van der Waals surface area contributed by atoms with E-state index in [9.17, 15) is 5.11 Å². The summed E-state index contributed by atoms with van der Waals surface area (Å²) in [6, 6.07) is 3.57. The molecule has 2 rings (SSSR count). The summed E-state index contributed by atoms with van der Waals surface area (Å²) in [5.41, 5.74) is 6.35. The molecule has 0 radical (unpaired) electrons. The van der Waals surface area contributed by atoms with Gasteiger partial charge >= 0.3 is 0 Å². The SMILES string of the molecule is COc1ccc(C(O)C2(CN)CCC(C)C2)c(Cl)c1OC. The zero-order valence-corrected chi connectivity index (χ0v) is 13.6. The van der Waals surface area contributed by atoms with E-state index in [1.807, 2.05) is 0 Å². The molecule has 4 nitrogen and oxygen atoms in total. The van der Waals surface area contributed by atoms with E-state index in [1.165, 1.54) is 7.11 Å². The van der Waals surface area contributed by atoms with Gasteiger partial charge < -0.3 is 20.3 Å². The first-order chi connectivity index (χ1) is 9.99. The van der Waals surface area contributed by atoms with Crippen molar-refractivity contribution in [3.8, 4) is 11.5 Å². The van der Waals surface area contributed by atoms with Crippen molar-refractivity contribution < 1.29 is 14.6 Å². The molecule has 1 fully saturated rings. The van der Waals surface area contributed by atoms with Gasteiger partial charge in [-0.1, -0.05) is 31.0 Å². The molecule has 3 unspecified atom stereocenters. The smallest absolute Gasteiger partial charge is 0.179 e. The number of aliphatic hydroxyl groups is 1. The van der Waals surface area contributed by atoms with Crippen LogP contribution in [0.25, 0.3) is 0 Å². The number of benzene rings is 1. The summed E-state index contributed by atoms with van der Waals surface area (Å²) >= 11 is 6.42. The molecule has 3 atom stereocenters. The predicted molar refractivity (Wildman–Crippen MR) is 84.0 cm³/mol. The van der Waals surface area contributed by atoms with E-state index >= 15 is 0 Å². The zero-order valence-electron chi connectivity index (χ0n) is 12.9. The van der Waals surface area contributed by atoms with Crippen molar-refractivity contribution in [2.45, 2.75) is 32.3 Å². The number of ether oxygens (including phenoxy) is 2. The molecule has 118 valence electrons. The van der Waals surface area contributed by atoms with Crippen LogP contribution in [0.1, 0.15) is 37.9 Å². The third-order valence-electron chi connectivity index (χ3n) is 4.69. The van der Waals surface area contributed by atoms with Gasteiger partial charge in [-0.15, -0.1) is 0 Å². The van der Waals surface area contributed by atoms with Crippen molar-refractivity contribution in [3.05, 3.63) is 22.7 Å². The van der Waals surface area contributed by atoms with Crippen LogP contribution in [0.3, 0.4) is 0 Å². The van der Waals surface area contributed by atoms with Crippen LogP contribution in [0.4, 0.5) is 0 Å². The van der Waals surface area contributed by atoms with Crippen molar-refractivity contribution in [2.24, 2.45) is 17.1 Å². The Hall–Kier alpha value is -0.970.